The zero-order valence-corrected chi connectivity index (χ0v) is 7.19. The molecule has 0 radical (unpaired) electrons. The zero-order valence-electron chi connectivity index (χ0n) is 6.38. The Balaban J connectivity index is 0.000000810. The number of methoxy groups -OCH3 is 1. The van der Waals surface area contributed by atoms with E-state index in [2.05, 4.69) is 0 Å². The van der Waals surface area contributed by atoms with Crippen LogP contribution in [0.3, 0.4) is 0 Å². The van der Waals surface area contributed by atoms with Gasteiger partial charge in [0.25, 0.3) is 0 Å². The standard InChI is InChI=1S/C7H15NO.ClH/c1-9-7-5-3-2-4-6(7)8;/h6-7H,2-5,8H2,1H3;1H/t6-,7+;/m1./s1. The first kappa shape index (κ1) is 10.2. The van der Waals surface area contributed by atoms with Crippen LogP contribution in [0.2, 0.25) is 0 Å². The van der Waals surface area contributed by atoms with E-state index in [-0.39, 0.29) is 12.4 Å². The molecule has 1 rings (SSSR count). The fourth-order valence-electron chi connectivity index (χ4n) is 1.42. The van der Waals surface area contributed by atoms with Crippen molar-refractivity contribution in [3.63, 3.8) is 0 Å². The van der Waals surface area contributed by atoms with Gasteiger partial charge in [-0.2, -0.15) is 0 Å². The van der Waals surface area contributed by atoms with E-state index < -0.39 is 0 Å². The molecule has 1 aliphatic carbocycles. The van der Waals surface area contributed by atoms with Crippen molar-refractivity contribution in [2.75, 3.05) is 7.11 Å². The van der Waals surface area contributed by atoms with Crippen molar-refractivity contribution in [2.45, 2.75) is 37.8 Å². The molecule has 0 spiro atoms. The first-order chi connectivity index (χ1) is 4.34. The van der Waals surface area contributed by atoms with Crippen molar-refractivity contribution in [3.05, 3.63) is 0 Å². The predicted octanol–water partition coefficient (Wildman–Crippen LogP) is 1.32. The molecule has 0 saturated heterocycles. The van der Waals surface area contributed by atoms with Gasteiger partial charge in [-0.05, 0) is 12.8 Å². The van der Waals surface area contributed by atoms with Gasteiger partial charge in [0.05, 0.1) is 6.10 Å². The largest absolute Gasteiger partial charge is 0.380 e. The molecule has 3 heteroatoms. The number of hydrogen-bond acceptors (Lipinski definition) is 2. The van der Waals surface area contributed by atoms with Crippen molar-refractivity contribution in [1.29, 1.82) is 0 Å². The van der Waals surface area contributed by atoms with E-state index in [1.807, 2.05) is 0 Å². The highest BCUT2D eigenvalue weighted by Crippen LogP contribution is 2.18. The summed E-state index contributed by atoms with van der Waals surface area (Å²) in [6.45, 7) is 0. The molecule has 62 valence electrons. The smallest absolute Gasteiger partial charge is 0.0722 e. The van der Waals surface area contributed by atoms with Gasteiger partial charge in [0.15, 0.2) is 0 Å². The van der Waals surface area contributed by atoms with E-state index in [0.29, 0.717) is 12.1 Å². The average Bonchev–Trinajstić information content (AvgIpc) is 1.89. The number of ether oxygens (including phenoxy) is 1. The minimum absolute atomic E-state index is 0. The Hall–Kier alpha value is 0.210. The molecule has 0 aromatic rings. The quantitative estimate of drug-likeness (QED) is 0.636. The fraction of sp³-hybridized carbons (Fsp3) is 1.00. The maximum absolute atomic E-state index is 5.76. The molecule has 0 heterocycles. The molecule has 2 N–H and O–H groups in total. The topological polar surface area (TPSA) is 35.2 Å². The third kappa shape index (κ3) is 2.45. The summed E-state index contributed by atoms with van der Waals surface area (Å²) >= 11 is 0. The predicted molar refractivity (Wildman–Crippen MR) is 44.5 cm³/mol. The van der Waals surface area contributed by atoms with Gasteiger partial charge in [-0.25, -0.2) is 0 Å². The van der Waals surface area contributed by atoms with E-state index in [1.54, 1.807) is 7.11 Å². The Bertz CT molecular complexity index is 89.7. The van der Waals surface area contributed by atoms with Crippen molar-refractivity contribution >= 4 is 12.4 Å². The summed E-state index contributed by atoms with van der Waals surface area (Å²) in [6, 6.07) is 0.295. The lowest BCUT2D eigenvalue weighted by molar-refractivity contribution is 0.0545. The van der Waals surface area contributed by atoms with E-state index >= 15 is 0 Å². The van der Waals surface area contributed by atoms with Crippen molar-refractivity contribution < 1.29 is 4.74 Å². The van der Waals surface area contributed by atoms with Gasteiger partial charge < -0.3 is 10.5 Å². The summed E-state index contributed by atoms with van der Waals surface area (Å²) < 4.78 is 5.18. The van der Waals surface area contributed by atoms with Crippen LogP contribution >= 0.6 is 12.4 Å². The molecule has 0 aromatic heterocycles. The maximum atomic E-state index is 5.76. The third-order valence-corrected chi connectivity index (χ3v) is 2.06. The van der Waals surface area contributed by atoms with Crippen LogP contribution in [0.4, 0.5) is 0 Å². The summed E-state index contributed by atoms with van der Waals surface area (Å²) in [7, 11) is 1.75. The number of halogens is 1. The van der Waals surface area contributed by atoms with Crippen LogP contribution in [0.1, 0.15) is 25.7 Å². The molecule has 2 nitrogen and oxygen atoms in total. The number of nitrogens with two attached hydrogens (primary N) is 1. The summed E-state index contributed by atoms with van der Waals surface area (Å²) in [6.07, 6.45) is 5.18. The van der Waals surface area contributed by atoms with E-state index in [1.165, 1.54) is 12.8 Å². The van der Waals surface area contributed by atoms with Crippen LogP contribution < -0.4 is 5.73 Å². The summed E-state index contributed by atoms with van der Waals surface area (Å²) in [5, 5.41) is 0. The van der Waals surface area contributed by atoms with Crippen LogP contribution in [-0.2, 0) is 4.74 Å². The highest BCUT2D eigenvalue weighted by Gasteiger charge is 2.20. The molecular formula is C7H16ClNO. The Morgan fingerprint density at radius 2 is 1.90 bits per heavy atom. The number of hydrogen-bond donors (Lipinski definition) is 1. The number of rotatable bonds is 1. The highest BCUT2D eigenvalue weighted by molar-refractivity contribution is 5.85. The van der Waals surface area contributed by atoms with Gasteiger partial charge in [0.1, 0.15) is 0 Å². The van der Waals surface area contributed by atoms with E-state index in [4.69, 9.17) is 10.5 Å². The Kier molecular flexibility index (Phi) is 5.04. The SMILES string of the molecule is CO[C@H]1CCCC[C@H]1N.Cl. The molecule has 1 fully saturated rings. The lowest BCUT2D eigenvalue weighted by Crippen LogP contribution is -2.38. The summed E-state index contributed by atoms with van der Waals surface area (Å²) in [4.78, 5) is 0. The van der Waals surface area contributed by atoms with Crippen molar-refractivity contribution in [1.82, 2.24) is 0 Å². The minimum Gasteiger partial charge on any atom is -0.380 e. The molecule has 2 atom stereocenters. The molecular weight excluding hydrogens is 150 g/mol. The fourth-order valence-corrected chi connectivity index (χ4v) is 1.42. The van der Waals surface area contributed by atoms with Gasteiger partial charge in [-0.1, -0.05) is 12.8 Å². The molecule has 0 amide bonds. The lowest BCUT2D eigenvalue weighted by atomic mass is 9.93. The van der Waals surface area contributed by atoms with Gasteiger partial charge in [0.2, 0.25) is 0 Å². The normalized spacial score (nSPS) is 33.0. The Morgan fingerprint density at radius 1 is 1.30 bits per heavy atom. The monoisotopic (exact) mass is 165 g/mol. The lowest BCUT2D eigenvalue weighted by Gasteiger charge is -2.26. The van der Waals surface area contributed by atoms with Crippen LogP contribution in [0, 0.1) is 0 Å². The first-order valence-electron chi connectivity index (χ1n) is 3.63. The van der Waals surface area contributed by atoms with Gasteiger partial charge in [-0.15, -0.1) is 12.4 Å². The van der Waals surface area contributed by atoms with Gasteiger partial charge >= 0.3 is 0 Å². The zero-order chi connectivity index (χ0) is 6.69. The molecule has 0 bridgehead atoms. The first-order valence-corrected chi connectivity index (χ1v) is 3.63. The summed E-state index contributed by atoms with van der Waals surface area (Å²) in [5.41, 5.74) is 5.76. The van der Waals surface area contributed by atoms with Crippen LogP contribution in [0.15, 0.2) is 0 Å². The maximum Gasteiger partial charge on any atom is 0.0722 e. The summed E-state index contributed by atoms with van der Waals surface area (Å²) in [5.74, 6) is 0. The second-order valence-electron chi connectivity index (χ2n) is 2.72. The molecule has 1 saturated carbocycles. The minimum atomic E-state index is 0. The van der Waals surface area contributed by atoms with E-state index in [0.717, 1.165) is 12.8 Å². The highest BCUT2D eigenvalue weighted by atomic mass is 35.5. The van der Waals surface area contributed by atoms with Gasteiger partial charge in [0, 0.05) is 13.2 Å². The Morgan fingerprint density at radius 3 is 2.30 bits per heavy atom. The molecule has 0 aliphatic heterocycles. The second-order valence-corrected chi connectivity index (χ2v) is 2.72. The van der Waals surface area contributed by atoms with Gasteiger partial charge in [-0.3, -0.25) is 0 Å². The van der Waals surface area contributed by atoms with Crippen LogP contribution in [0.5, 0.6) is 0 Å². The average molecular weight is 166 g/mol. The Labute approximate surface area is 68.5 Å². The van der Waals surface area contributed by atoms with E-state index in [9.17, 15) is 0 Å². The molecule has 0 unspecified atom stereocenters. The third-order valence-electron chi connectivity index (χ3n) is 2.06. The molecule has 0 aromatic carbocycles. The second kappa shape index (κ2) is 4.94. The van der Waals surface area contributed by atoms with Crippen LogP contribution in [-0.4, -0.2) is 19.3 Å². The molecule has 10 heavy (non-hydrogen) atoms. The molecule has 1 aliphatic rings. The van der Waals surface area contributed by atoms with Crippen molar-refractivity contribution in [2.24, 2.45) is 5.73 Å². The van der Waals surface area contributed by atoms with Crippen LogP contribution in [0.25, 0.3) is 0 Å². The van der Waals surface area contributed by atoms with Crippen molar-refractivity contribution in [3.8, 4) is 0 Å².